The summed E-state index contributed by atoms with van der Waals surface area (Å²) in [5.74, 6) is -0.662. The molecule has 0 atom stereocenters. The molecule has 3 aromatic rings. The summed E-state index contributed by atoms with van der Waals surface area (Å²) in [6, 6.07) is 19.2. The highest BCUT2D eigenvalue weighted by atomic mass is 16.2. The van der Waals surface area contributed by atoms with Crippen LogP contribution >= 0.6 is 0 Å². The second-order valence-corrected chi connectivity index (χ2v) is 5.87. The monoisotopic (exact) mass is 348 g/mol. The fourth-order valence-corrected chi connectivity index (χ4v) is 2.61. The summed E-state index contributed by atoms with van der Waals surface area (Å²) in [6.45, 7) is 0.773. The summed E-state index contributed by atoms with van der Waals surface area (Å²) < 4.78 is 1.41. The van der Waals surface area contributed by atoms with Crippen LogP contribution in [0.4, 0.5) is 0 Å². The molecule has 2 N–H and O–H groups in total. The predicted molar refractivity (Wildman–Crippen MR) is 98.4 cm³/mol. The topological polar surface area (TPSA) is 76.0 Å². The Bertz CT molecular complexity index is 889. The van der Waals surface area contributed by atoms with Gasteiger partial charge in [0.15, 0.2) is 0 Å². The van der Waals surface area contributed by atoms with E-state index in [2.05, 4.69) is 15.7 Å². The van der Waals surface area contributed by atoms with Crippen LogP contribution in [0.2, 0.25) is 0 Å². The van der Waals surface area contributed by atoms with E-state index < -0.39 is 0 Å². The van der Waals surface area contributed by atoms with Crippen LogP contribution in [0.5, 0.6) is 0 Å². The number of aromatic nitrogens is 2. The molecule has 0 aliphatic heterocycles. The number of nitrogens with zero attached hydrogens (tertiary/aromatic N) is 2. The Kier molecular flexibility index (Phi) is 5.43. The Morgan fingerprint density at radius 2 is 1.35 bits per heavy atom. The summed E-state index contributed by atoms with van der Waals surface area (Å²) in [4.78, 5) is 25.0. The molecule has 0 bridgehead atoms. The maximum Gasteiger partial charge on any atom is 0.270 e. The van der Waals surface area contributed by atoms with Crippen molar-refractivity contribution in [2.24, 2.45) is 7.05 Å². The quantitative estimate of drug-likeness (QED) is 0.717. The minimum Gasteiger partial charge on any atom is -0.348 e. The zero-order valence-corrected chi connectivity index (χ0v) is 14.5. The lowest BCUT2D eigenvalue weighted by Crippen LogP contribution is -2.30. The molecule has 6 heteroatoms. The van der Waals surface area contributed by atoms with Gasteiger partial charge in [-0.1, -0.05) is 60.7 Å². The van der Waals surface area contributed by atoms with Crippen molar-refractivity contribution in [3.05, 3.63) is 89.2 Å². The highest BCUT2D eigenvalue weighted by Crippen LogP contribution is 2.09. The smallest absolute Gasteiger partial charge is 0.270 e. The molecule has 0 radical (unpaired) electrons. The van der Waals surface area contributed by atoms with Crippen LogP contribution in [0.25, 0.3) is 0 Å². The van der Waals surface area contributed by atoms with Gasteiger partial charge in [-0.25, -0.2) is 0 Å². The van der Waals surface area contributed by atoms with Crippen LogP contribution in [0.1, 0.15) is 32.0 Å². The SMILES string of the molecule is Cn1ncc(C(=O)NCc2ccccc2)c1C(=O)NCc1ccccc1. The van der Waals surface area contributed by atoms with Gasteiger partial charge in [0.05, 0.1) is 11.8 Å². The molecular weight excluding hydrogens is 328 g/mol. The van der Waals surface area contributed by atoms with Gasteiger partial charge in [0.2, 0.25) is 0 Å². The van der Waals surface area contributed by atoms with Crippen molar-refractivity contribution in [1.82, 2.24) is 20.4 Å². The molecule has 2 aromatic carbocycles. The molecular formula is C20H20N4O2. The predicted octanol–water partition coefficient (Wildman–Crippen LogP) is 2.28. The molecule has 132 valence electrons. The second-order valence-electron chi connectivity index (χ2n) is 5.87. The van der Waals surface area contributed by atoms with Crippen molar-refractivity contribution < 1.29 is 9.59 Å². The third-order valence-corrected chi connectivity index (χ3v) is 3.99. The number of rotatable bonds is 6. The number of carbonyl (C=O) groups is 2. The van der Waals surface area contributed by atoms with Crippen LogP contribution in [0.15, 0.2) is 66.9 Å². The van der Waals surface area contributed by atoms with Gasteiger partial charge in [-0.15, -0.1) is 0 Å². The number of nitrogens with one attached hydrogen (secondary N) is 2. The number of hydrogen-bond acceptors (Lipinski definition) is 3. The summed E-state index contributed by atoms with van der Waals surface area (Å²) in [7, 11) is 1.64. The Morgan fingerprint density at radius 3 is 1.88 bits per heavy atom. The van der Waals surface area contributed by atoms with Gasteiger partial charge in [-0.05, 0) is 11.1 Å². The Morgan fingerprint density at radius 1 is 0.846 bits per heavy atom. The van der Waals surface area contributed by atoms with Crippen molar-refractivity contribution in [1.29, 1.82) is 0 Å². The second kappa shape index (κ2) is 8.11. The van der Waals surface area contributed by atoms with Crippen LogP contribution < -0.4 is 10.6 Å². The van der Waals surface area contributed by atoms with E-state index >= 15 is 0 Å². The van der Waals surface area contributed by atoms with E-state index in [4.69, 9.17) is 0 Å². The first-order chi connectivity index (χ1) is 12.6. The lowest BCUT2D eigenvalue weighted by atomic mass is 10.2. The first-order valence-corrected chi connectivity index (χ1v) is 8.31. The normalized spacial score (nSPS) is 10.3. The third-order valence-electron chi connectivity index (χ3n) is 3.99. The van der Waals surface area contributed by atoms with Gasteiger partial charge in [0.1, 0.15) is 5.69 Å². The lowest BCUT2D eigenvalue weighted by molar-refractivity contribution is 0.0911. The van der Waals surface area contributed by atoms with Gasteiger partial charge in [-0.2, -0.15) is 5.10 Å². The molecule has 0 fully saturated rings. The van der Waals surface area contributed by atoms with E-state index in [1.165, 1.54) is 10.9 Å². The first kappa shape index (κ1) is 17.4. The highest BCUT2D eigenvalue weighted by Gasteiger charge is 2.21. The standard InChI is InChI=1S/C20H20N4O2/c1-24-18(20(26)22-13-16-10-6-3-7-11-16)17(14-23-24)19(25)21-12-15-8-4-2-5-9-15/h2-11,14H,12-13H2,1H3,(H,21,25)(H,22,26). The van der Waals surface area contributed by atoms with E-state index in [1.54, 1.807) is 7.05 Å². The summed E-state index contributed by atoms with van der Waals surface area (Å²) in [5.41, 5.74) is 2.47. The summed E-state index contributed by atoms with van der Waals surface area (Å²) in [6.07, 6.45) is 1.41. The van der Waals surface area contributed by atoms with Crippen LogP contribution in [0, 0.1) is 0 Å². The number of aryl methyl sites for hydroxylation is 1. The van der Waals surface area contributed by atoms with Crippen molar-refractivity contribution in [3.8, 4) is 0 Å². The minimum atomic E-state index is -0.335. The Balaban J connectivity index is 1.67. The summed E-state index contributed by atoms with van der Waals surface area (Å²) in [5, 5.41) is 9.72. The van der Waals surface area contributed by atoms with Gasteiger partial charge in [0, 0.05) is 20.1 Å². The maximum atomic E-state index is 12.5. The number of hydrogen-bond donors (Lipinski definition) is 2. The molecule has 0 saturated heterocycles. The largest absolute Gasteiger partial charge is 0.348 e. The van der Waals surface area contributed by atoms with Crippen molar-refractivity contribution >= 4 is 11.8 Å². The molecule has 3 rings (SSSR count). The van der Waals surface area contributed by atoms with E-state index in [0.29, 0.717) is 13.1 Å². The van der Waals surface area contributed by atoms with Crippen LogP contribution in [-0.2, 0) is 20.1 Å². The highest BCUT2D eigenvalue weighted by molar-refractivity contribution is 6.06. The van der Waals surface area contributed by atoms with E-state index in [-0.39, 0.29) is 23.1 Å². The number of benzene rings is 2. The summed E-state index contributed by atoms with van der Waals surface area (Å²) >= 11 is 0. The van der Waals surface area contributed by atoms with Crippen LogP contribution in [-0.4, -0.2) is 21.6 Å². The molecule has 1 heterocycles. The van der Waals surface area contributed by atoms with Gasteiger partial charge in [0.25, 0.3) is 11.8 Å². The average molecular weight is 348 g/mol. The molecule has 0 unspecified atom stereocenters. The van der Waals surface area contributed by atoms with Gasteiger partial charge >= 0.3 is 0 Å². The van der Waals surface area contributed by atoms with Crippen LogP contribution in [0.3, 0.4) is 0 Å². The Hall–Kier alpha value is -3.41. The zero-order valence-electron chi connectivity index (χ0n) is 14.5. The van der Waals surface area contributed by atoms with Gasteiger partial charge in [-0.3, -0.25) is 14.3 Å². The average Bonchev–Trinajstić information content (AvgIpc) is 3.07. The van der Waals surface area contributed by atoms with Crippen molar-refractivity contribution in [3.63, 3.8) is 0 Å². The molecule has 0 saturated carbocycles. The minimum absolute atomic E-state index is 0.242. The molecule has 1 aromatic heterocycles. The molecule has 2 amide bonds. The molecule has 0 aliphatic carbocycles. The number of amides is 2. The lowest BCUT2D eigenvalue weighted by Gasteiger charge is -2.09. The van der Waals surface area contributed by atoms with E-state index in [0.717, 1.165) is 11.1 Å². The molecule has 26 heavy (non-hydrogen) atoms. The van der Waals surface area contributed by atoms with E-state index in [9.17, 15) is 9.59 Å². The number of carbonyl (C=O) groups excluding carboxylic acids is 2. The van der Waals surface area contributed by atoms with E-state index in [1.807, 2.05) is 60.7 Å². The first-order valence-electron chi connectivity index (χ1n) is 8.31. The molecule has 6 nitrogen and oxygen atoms in total. The van der Waals surface area contributed by atoms with Crippen molar-refractivity contribution in [2.75, 3.05) is 0 Å². The molecule has 0 aliphatic rings. The Labute approximate surface area is 151 Å². The fourth-order valence-electron chi connectivity index (χ4n) is 2.61. The van der Waals surface area contributed by atoms with Crippen molar-refractivity contribution in [2.45, 2.75) is 13.1 Å². The molecule has 0 spiro atoms. The third kappa shape index (κ3) is 4.16. The maximum absolute atomic E-state index is 12.5. The zero-order chi connectivity index (χ0) is 18.4. The van der Waals surface area contributed by atoms with Gasteiger partial charge < -0.3 is 10.6 Å². The fraction of sp³-hybridized carbons (Fsp3) is 0.150.